The molecule has 1 atom stereocenters. The molecule has 0 saturated carbocycles. The summed E-state index contributed by atoms with van der Waals surface area (Å²) in [5.41, 5.74) is 1.46. The summed E-state index contributed by atoms with van der Waals surface area (Å²) in [4.78, 5) is 28.6. The van der Waals surface area contributed by atoms with Crippen LogP contribution in [-0.2, 0) is 32.4 Å². The number of amides is 1. The minimum absolute atomic E-state index is 0.109. The number of thiophene rings is 1. The Balaban J connectivity index is 1.20. The number of nitrogens with zero attached hydrogens (tertiary/aromatic N) is 2. The fraction of sp³-hybridized carbons (Fsp3) is 0.520. The van der Waals surface area contributed by atoms with Crippen LogP contribution in [0, 0.1) is 5.92 Å². The molecule has 2 aliphatic heterocycles. The molecule has 0 radical (unpaired) electrons. The largest absolute Gasteiger partial charge is 0.486 e. The number of ether oxygens (including phenoxy) is 3. The highest BCUT2D eigenvalue weighted by Gasteiger charge is 2.32. The fourth-order valence-corrected chi connectivity index (χ4v) is 7.84. The first kappa shape index (κ1) is 26.0. The summed E-state index contributed by atoms with van der Waals surface area (Å²) < 4.78 is 43.8. The van der Waals surface area contributed by atoms with Crippen LogP contribution in [0.15, 0.2) is 23.1 Å². The Hall–Kier alpha value is -2.67. The number of hydrogen-bond acceptors (Lipinski definition) is 9. The molecule has 1 aromatic heterocycles. The summed E-state index contributed by atoms with van der Waals surface area (Å²) in [5.74, 6) is 0.839. The normalized spacial score (nSPS) is 20.2. The van der Waals surface area contributed by atoms with E-state index in [9.17, 15) is 18.0 Å². The lowest BCUT2D eigenvalue weighted by Gasteiger charge is -2.33. The van der Waals surface area contributed by atoms with Crippen LogP contribution in [0.1, 0.15) is 34.1 Å². The van der Waals surface area contributed by atoms with Gasteiger partial charge in [0.05, 0.1) is 24.1 Å². The average Bonchev–Trinajstić information content (AvgIpc) is 3.24. The van der Waals surface area contributed by atoms with Gasteiger partial charge in [-0.05, 0) is 42.9 Å². The van der Waals surface area contributed by atoms with E-state index < -0.39 is 16.0 Å². The minimum atomic E-state index is -3.70. The number of carbonyl (C=O) groups is 2. The maximum atomic E-state index is 13.2. The van der Waals surface area contributed by atoms with Gasteiger partial charge in [0.1, 0.15) is 18.2 Å². The second kappa shape index (κ2) is 10.6. The van der Waals surface area contributed by atoms with Gasteiger partial charge >= 0.3 is 5.97 Å². The van der Waals surface area contributed by atoms with Crippen LogP contribution in [0.3, 0.4) is 0 Å². The second-order valence-electron chi connectivity index (χ2n) is 9.58. The number of carbonyl (C=O) groups excluding carboxylic acids is 2. The summed E-state index contributed by atoms with van der Waals surface area (Å²) in [7, 11) is -2.35. The van der Waals surface area contributed by atoms with Crippen LogP contribution in [-0.4, -0.2) is 82.5 Å². The van der Waals surface area contributed by atoms with Crippen LogP contribution in [0.25, 0.3) is 0 Å². The van der Waals surface area contributed by atoms with Gasteiger partial charge in [-0.3, -0.25) is 9.69 Å². The number of nitrogens with one attached hydrogen (secondary N) is 1. The van der Waals surface area contributed by atoms with Gasteiger partial charge in [0, 0.05) is 37.1 Å². The smallest absolute Gasteiger partial charge is 0.341 e. The van der Waals surface area contributed by atoms with Crippen molar-refractivity contribution < 1.29 is 32.2 Å². The molecule has 200 valence electrons. The Bertz CT molecular complexity index is 1300. The van der Waals surface area contributed by atoms with Crippen molar-refractivity contribution in [2.75, 3.05) is 58.4 Å². The van der Waals surface area contributed by atoms with Crippen molar-refractivity contribution >= 4 is 38.2 Å². The number of piperazine rings is 1. The molecule has 1 fully saturated rings. The number of rotatable bonds is 6. The van der Waals surface area contributed by atoms with Gasteiger partial charge in [-0.2, -0.15) is 4.31 Å². The molecule has 1 amide bonds. The monoisotopic (exact) mass is 549 g/mol. The quantitative estimate of drug-likeness (QED) is 0.547. The van der Waals surface area contributed by atoms with E-state index in [1.165, 1.54) is 34.9 Å². The summed E-state index contributed by atoms with van der Waals surface area (Å²) in [5, 5.41) is 3.46. The van der Waals surface area contributed by atoms with Gasteiger partial charge in [-0.15, -0.1) is 11.3 Å². The van der Waals surface area contributed by atoms with Crippen LogP contribution < -0.4 is 14.8 Å². The molecule has 1 aromatic carbocycles. The molecule has 2 aromatic rings. The SMILES string of the molecule is COC(=O)c1c(NC(=O)CN2CCN(S(=O)(=O)c3ccc4c(c3)OCCO4)CC2)sc2c1CC[C@H](C)C2. The van der Waals surface area contributed by atoms with Crippen molar-refractivity contribution in [3.05, 3.63) is 34.2 Å². The Morgan fingerprint density at radius 3 is 2.59 bits per heavy atom. The van der Waals surface area contributed by atoms with Crippen molar-refractivity contribution in [2.45, 2.75) is 31.1 Å². The Morgan fingerprint density at radius 2 is 1.86 bits per heavy atom. The van der Waals surface area contributed by atoms with Crippen molar-refractivity contribution in [3.63, 3.8) is 0 Å². The molecule has 0 bridgehead atoms. The minimum Gasteiger partial charge on any atom is -0.486 e. The molecule has 12 heteroatoms. The van der Waals surface area contributed by atoms with Crippen molar-refractivity contribution in [3.8, 4) is 11.5 Å². The van der Waals surface area contributed by atoms with Crippen molar-refractivity contribution in [1.82, 2.24) is 9.21 Å². The lowest BCUT2D eigenvalue weighted by Crippen LogP contribution is -2.50. The van der Waals surface area contributed by atoms with Crippen LogP contribution >= 0.6 is 11.3 Å². The third kappa shape index (κ3) is 5.33. The predicted molar refractivity (Wildman–Crippen MR) is 138 cm³/mol. The van der Waals surface area contributed by atoms with E-state index in [0.717, 1.165) is 29.7 Å². The molecule has 1 N–H and O–H groups in total. The number of methoxy groups -OCH3 is 1. The highest BCUT2D eigenvalue weighted by atomic mass is 32.2. The third-order valence-corrected chi connectivity index (χ3v) is 10.1. The van der Waals surface area contributed by atoms with Gasteiger partial charge in [0.2, 0.25) is 15.9 Å². The lowest BCUT2D eigenvalue weighted by molar-refractivity contribution is -0.117. The number of esters is 1. The molecule has 0 unspecified atom stereocenters. The summed E-state index contributed by atoms with van der Waals surface area (Å²) in [6, 6.07) is 4.65. The number of sulfonamides is 1. The van der Waals surface area contributed by atoms with E-state index in [0.29, 0.717) is 54.3 Å². The first-order valence-corrected chi connectivity index (χ1v) is 14.7. The molecule has 37 heavy (non-hydrogen) atoms. The highest BCUT2D eigenvalue weighted by molar-refractivity contribution is 7.89. The maximum absolute atomic E-state index is 13.2. The number of benzene rings is 1. The second-order valence-corrected chi connectivity index (χ2v) is 12.6. The van der Waals surface area contributed by atoms with E-state index in [-0.39, 0.29) is 30.4 Å². The summed E-state index contributed by atoms with van der Waals surface area (Å²) in [6.07, 6.45) is 2.69. The van der Waals surface area contributed by atoms with Gasteiger partial charge in [-0.25, -0.2) is 13.2 Å². The number of fused-ring (bicyclic) bond motifs is 2. The van der Waals surface area contributed by atoms with Crippen LogP contribution in [0.2, 0.25) is 0 Å². The van der Waals surface area contributed by atoms with E-state index in [4.69, 9.17) is 14.2 Å². The summed E-state index contributed by atoms with van der Waals surface area (Å²) >= 11 is 1.45. The van der Waals surface area contributed by atoms with Gasteiger partial charge in [0.15, 0.2) is 11.5 Å². The molecule has 3 aliphatic rings. The standard InChI is InChI=1S/C25H31N3O7S2/c1-16-3-5-18-21(13-16)36-24(23(18)25(30)33-2)26-22(29)15-27-7-9-28(10-8-27)37(31,32)17-4-6-19-20(14-17)35-12-11-34-19/h4,6,14,16H,3,5,7-13,15H2,1-2H3,(H,26,29)/t16-/m0/s1. The first-order chi connectivity index (χ1) is 17.8. The highest BCUT2D eigenvalue weighted by Crippen LogP contribution is 2.40. The zero-order valence-electron chi connectivity index (χ0n) is 20.9. The Labute approximate surface area is 220 Å². The van der Waals surface area contributed by atoms with Gasteiger partial charge in [0.25, 0.3) is 0 Å². The van der Waals surface area contributed by atoms with Crippen molar-refractivity contribution in [2.24, 2.45) is 5.92 Å². The van der Waals surface area contributed by atoms with Gasteiger partial charge < -0.3 is 19.5 Å². The molecule has 0 spiro atoms. The summed E-state index contributed by atoms with van der Waals surface area (Å²) in [6.45, 7) is 4.48. The Kier molecular flexibility index (Phi) is 7.44. The Morgan fingerprint density at radius 1 is 1.14 bits per heavy atom. The number of anilines is 1. The number of hydrogen-bond donors (Lipinski definition) is 1. The average molecular weight is 550 g/mol. The van der Waals surface area contributed by atoms with Crippen LogP contribution in [0.5, 0.6) is 11.5 Å². The van der Waals surface area contributed by atoms with Gasteiger partial charge in [-0.1, -0.05) is 6.92 Å². The fourth-order valence-electron chi connectivity index (χ4n) is 4.99. The predicted octanol–water partition coefficient (Wildman–Crippen LogP) is 2.38. The van der Waals surface area contributed by atoms with Crippen molar-refractivity contribution in [1.29, 1.82) is 0 Å². The van der Waals surface area contributed by atoms with E-state index in [1.54, 1.807) is 6.07 Å². The lowest BCUT2D eigenvalue weighted by atomic mass is 9.88. The molecular weight excluding hydrogens is 518 g/mol. The molecule has 10 nitrogen and oxygen atoms in total. The first-order valence-electron chi connectivity index (χ1n) is 12.4. The molecule has 3 heterocycles. The van der Waals surface area contributed by atoms with E-state index >= 15 is 0 Å². The third-order valence-electron chi connectivity index (χ3n) is 7.00. The van der Waals surface area contributed by atoms with E-state index in [1.807, 2.05) is 4.90 Å². The topological polar surface area (TPSA) is 114 Å². The maximum Gasteiger partial charge on any atom is 0.341 e. The molecule has 5 rings (SSSR count). The van der Waals surface area contributed by atoms with E-state index in [2.05, 4.69) is 12.2 Å². The molecule has 1 aliphatic carbocycles. The van der Waals surface area contributed by atoms with Crippen LogP contribution in [0.4, 0.5) is 5.00 Å². The zero-order valence-corrected chi connectivity index (χ0v) is 22.6. The molecule has 1 saturated heterocycles. The molecular formula is C25H31N3O7S2. The zero-order chi connectivity index (χ0) is 26.2.